The Balaban J connectivity index is 1.77. The second-order valence-corrected chi connectivity index (χ2v) is 17.0. The van der Waals surface area contributed by atoms with Gasteiger partial charge in [-0.3, -0.25) is 28.8 Å². The maximum Gasteiger partial charge on any atom is 0.303 e. The molecule has 1 aromatic rings. The molecule has 0 bridgehead atoms. The minimum atomic E-state index is -2.11. The molecule has 46 heavy (non-hydrogen) atoms. The summed E-state index contributed by atoms with van der Waals surface area (Å²) in [7, 11) is -2.11. The molecule has 0 unspecified atom stereocenters. The number of esters is 4. The van der Waals surface area contributed by atoms with Gasteiger partial charge >= 0.3 is 23.9 Å². The standard InChI is InChI=1S/C32H40O13Si/c1-15-12-13-21-25(28(15)45-46(6,7)8)27(38)20-10-9-11-22(24(20)26(21)37)43-32-31(42-19(5)36)30(41-18(4)35)29(40-17(3)34)23(44-32)14-39-16(2)33/h9-12,21,23,25,28-32H,13-14H2,1-8H3/t21-,23-,25+,28+,29-,30+,31-,32-/m1/s1. The summed E-state index contributed by atoms with van der Waals surface area (Å²) >= 11 is 0. The third-order valence-electron chi connectivity index (χ3n) is 7.75. The van der Waals surface area contributed by atoms with Gasteiger partial charge in [0.05, 0.1) is 17.6 Å². The van der Waals surface area contributed by atoms with E-state index in [4.69, 9.17) is 32.8 Å². The first-order valence-corrected chi connectivity index (χ1v) is 18.4. The number of hydrogen-bond donors (Lipinski definition) is 0. The van der Waals surface area contributed by atoms with Crippen LogP contribution in [-0.2, 0) is 47.3 Å². The van der Waals surface area contributed by atoms with Crippen LogP contribution >= 0.6 is 0 Å². The molecule has 0 aromatic heterocycles. The molecule has 8 atom stereocenters. The van der Waals surface area contributed by atoms with Crippen molar-refractivity contribution in [3.63, 3.8) is 0 Å². The monoisotopic (exact) mass is 660 g/mol. The Bertz CT molecular complexity index is 1440. The summed E-state index contributed by atoms with van der Waals surface area (Å²) in [6.07, 6.45) is -5.45. The first-order valence-electron chi connectivity index (χ1n) is 15.0. The van der Waals surface area contributed by atoms with Gasteiger partial charge in [-0.1, -0.05) is 18.2 Å². The van der Waals surface area contributed by atoms with Crippen LogP contribution in [0.25, 0.3) is 0 Å². The van der Waals surface area contributed by atoms with Gasteiger partial charge in [-0.2, -0.15) is 0 Å². The molecule has 0 spiro atoms. The Hall–Kier alpha value is -3.88. The third-order valence-corrected chi connectivity index (χ3v) is 8.71. The van der Waals surface area contributed by atoms with E-state index in [1.807, 2.05) is 32.6 Å². The van der Waals surface area contributed by atoms with Gasteiger partial charge in [-0.25, -0.2) is 0 Å². The molecular formula is C32H40O13Si. The van der Waals surface area contributed by atoms with Crippen molar-refractivity contribution >= 4 is 43.8 Å². The highest BCUT2D eigenvalue weighted by Gasteiger charge is 2.54. The van der Waals surface area contributed by atoms with E-state index in [1.54, 1.807) is 12.1 Å². The van der Waals surface area contributed by atoms with Crippen molar-refractivity contribution in [2.45, 2.75) is 97.5 Å². The van der Waals surface area contributed by atoms with E-state index in [2.05, 4.69) is 0 Å². The normalized spacial score (nSPS) is 29.0. The molecule has 13 nitrogen and oxygen atoms in total. The number of Topliss-reactive ketones (excluding diaryl/α,β-unsaturated/α-hetero) is 2. The molecule has 0 saturated carbocycles. The van der Waals surface area contributed by atoms with E-state index in [1.165, 1.54) is 6.07 Å². The SMILES string of the molecule is CC(=O)OC[C@H]1O[C@@H](Oc2cccc3c2C(=O)[C@@H]2CC=C(C)[C@H](O[Si](C)(C)C)[C@@H]2C3=O)[C@H](OC(C)=O)[C@@H](OC(C)=O)[C@@H]1OC(C)=O. The summed E-state index contributed by atoms with van der Waals surface area (Å²) in [5, 5.41) is 0. The smallest absolute Gasteiger partial charge is 0.303 e. The van der Waals surface area contributed by atoms with Crippen molar-refractivity contribution in [3.8, 4) is 5.75 Å². The Morgan fingerprint density at radius 2 is 1.46 bits per heavy atom. The first kappa shape index (κ1) is 35.0. The van der Waals surface area contributed by atoms with Crippen LogP contribution in [0, 0.1) is 11.8 Å². The zero-order chi connectivity index (χ0) is 34.1. The average Bonchev–Trinajstić information content (AvgIpc) is 2.93. The predicted octanol–water partition coefficient (Wildman–Crippen LogP) is 3.33. The van der Waals surface area contributed by atoms with Crippen LogP contribution in [0.15, 0.2) is 29.8 Å². The van der Waals surface area contributed by atoms with E-state index in [0.29, 0.717) is 6.42 Å². The maximum atomic E-state index is 14.1. The van der Waals surface area contributed by atoms with Crippen LogP contribution in [0.1, 0.15) is 61.8 Å². The van der Waals surface area contributed by atoms with Gasteiger partial charge in [0.2, 0.25) is 12.4 Å². The molecule has 3 aliphatic rings. The third kappa shape index (κ3) is 7.73. The van der Waals surface area contributed by atoms with E-state index >= 15 is 0 Å². The van der Waals surface area contributed by atoms with Gasteiger partial charge in [0.1, 0.15) is 18.5 Å². The van der Waals surface area contributed by atoms with Crippen molar-refractivity contribution in [3.05, 3.63) is 41.0 Å². The Morgan fingerprint density at radius 1 is 0.848 bits per heavy atom. The van der Waals surface area contributed by atoms with E-state index in [-0.39, 0.29) is 28.4 Å². The summed E-state index contributed by atoms with van der Waals surface area (Å²) < 4.78 is 40.2. The summed E-state index contributed by atoms with van der Waals surface area (Å²) in [5.74, 6) is -5.09. The minimum Gasteiger partial charge on any atom is -0.463 e. The first-order chi connectivity index (χ1) is 21.5. The van der Waals surface area contributed by atoms with Gasteiger partial charge in [0.15, 0.2) is 32.1 Å². The van der Waals surface area contributed by atoms with E-state index in [0.717, 1.165) is 33.3 Å². The van der Waals surface area contributed by atoms with Crippen molar-refractivity contribution in [2.75, 3.05) is 6.61 Å². The molecular weight excluding hydrogens is 620 g/mol. The fraction of sp³-hybridized carbons (Fsp3) is 0.562. The number of rotatable bonds is 9. The number of carbonyl (C=O) groups is 6. The van der Waals surface area contributed by atoms with Crippen LogP contribution in [0.4, 0.5) is 0 Å². The van der Waals surface area contributed by atoms with Gasteiger partial charge in [0.25, 0.3) is 0 Å². The number of benzene rings is 1. The lowest BCUT2D eigenvalue weighted by Gasteiger charge is -2.44. The maximum absolute atomic E-state index is 14.1. The largest absolute Gasteiger partial charge is 0.463 e. The Kier molecular flexibility index (Phi) is 10.5. The fourth-order valence-corrected chi connectivity index (χ4v) is 7.16. The van der Waals surface area contributed by atoms with E-state index < -0.39 is 87.4 Å². The number of carbonyl (C=O) groups excluding carboxylic acids is 6. The van der Waals surface area contributed by atoms with Crippen molar-refractivity contribution in [1.29, 1.82) is 0 Å². The van der Waals surface area contributed by atoms with Crippen molar-refractivity contribution in [1.82, 2.24) is 0 Å². The quantitative estimate of drug-likeness (QED) is 0.164. The molecule has 0 N–H and O–H groups in total. The zero-order valence-electron chi connectivity index (χ0n) is 27.1. The van der Waals surface area contributed by atoms with Gasteiger partial charge in [0, 0.05) is 39.2 Å². The molecule has 1 saturated heterocycles. The lowest BCUT2D eigenvalue weighted by atomic mass is 9.66. The molecule has 2 aliphatic carbocycles. The number of ketones is 2. The Labute approximate surface area is 267 Å². The number of allylic oxidation sites excluding steroid dienone is 1. The predicted molar refractivity (Wildman–Crippen MR) is 161 cm³/mol. The summed E-state index contributed by atoms with van der Waals surface area (Å²) in [6.45, 7) is 12.0. The highest BCUT2D eigenvalue weighted by atomic mass is 28.4. The molecule has 1 aromatic carbocycles. The number of hydrogen-bond acceptors (Lipinski definition) is 13. The second-order valence-electron chi connectivity index (χ2n) is 12.6. The van der Waals surface area contributed by atoms with Gasteiger partial charge in [-0.15, -0.1) is 0 Å². The second kappa shape index (κ2) is 13.9. The summed E-state index contributed by atoms with van der Waals surface area (Å²) in [4.78, 5) is 76.3. The lowest BCUT2D eigenvalue weighted by Crippen LogP contribution is -2.63. The highest BCUT2D eigenvalue weighted by molar-refractivity contribution is 6.69. The van der Waals surface area contributed by atoms with Gasteiger partial charge in [-0.05, 0) is 44.6 Å². The summed E-state index contributed by atoms with van der Waals surface area (Å²) in [5.41, 5.74) is 1.08. The van der Waals surface area contributed by atoms with Crippen LogP contribution in [0.3, 0.4) is 0 Å². The molecule has 250 valence electrons. The average molecular weight is 661 g/mol. The molecule has 0 amide bonds. The molecule has 1 fully saturated rings. The fourth-order valence-electron chi connectivity index (χ4n) is 6.07. The zero-order valence-corrected chi connectivity index (χ0v) is 28.1. The highest BCUT2D eigenvalue weighted by Crippen LogP contribution is 2.44. The van der Waals surface area contributed by atoms with Crippen LogP contribution in [0.2, 0.25) is 19.6 Å². The van der Waals surface area contributed by atoms with Crippen molar-refractivity contribution in [2.24, 2.45) is 11.8 Å². The molecule has 0 radical (unpaired) electrons. The molecule has 1 aliphatic heterocycles. The molecule has 1 heterocycles. The number of ether oxygens (including phenoxy) is 6. The lowest BCUT2D eigenvalue weighted by molar-refractivity contribution is -0.288. The topological polar surface area (TPSA) is 167 Å². The van der Waals surface area contributed by atoms with Crippen LogP contribution in [0.5, 0.6) is 5.75 Å². The minimum absolute atomic E-state index is 0.0290. The Morgan fingerprint density at radius 3 is 2.04 bits per heavy atom. The van der Waals surface area contributed by atoms with Crippen LogP contribution < -0.4 is 4.74 Å². The number of fused-ring (bicyclic) bond motifs is 2. The van der Waals surface area contributed by atoms with Gasteiger partial charge < -0.3 is 32.8 Å². The van der Waals surface area contributed by atoms with Crippen molar-refractivity contribution < 1.29 is 61.6 Å². The van der Waals surface area contributed by atoms with E-state index in [9.17, 15) is 28.8 Å². The summed E-state index contributed by atoms with van der Waals surface area (Å²) in [6, 6.07) is 4.56. The van der Waals surface area contributed by atoms with Crippen LogP contribution in [-0.4, -0.2) is 87.2 Å². The molecule has 14 heteroatoms. The molecule has 4 rings (SSSR count).